The maximum atomic E-state index is 9.29. The van der Waals surface area contributed by atoms with Gasteiger partial charge in [-0.15, -0.1) is 0 Å². The van der Waals surface area contributed by atoms with E-state index in [4.69, 9.17) is 4.74 Å². The van der Waals surface area contributed by atoms with E-state index in [1.165, 1.54) is 16.7 Å². The smallest absolute Gasteiger partial charge is 0.122 e. The monoisotopic (exact) mass is 288 g/mol. The van der Waals surface area contributed by atoms with Crippen LogP contribution < -0.4 is 10.1 Å². The zero-order chi connectivity index (χ0) is 15.9. The number of nitrogens with one attached hydrogen (secondary N) is 1. The van der Waals surface area contributed by atoms with Crippen LogP contribution in [0.1, 0.15) is 49.8 Å². The number of ether oxygens (including phenoxy) is 1. The van der Waals surface area contributed by atoms with Crippen LogP contribution in [0.15, 0.2) is 12.1 Å². The van der Waals surface area contributed by atoms with Crippen molar-refractivity contribution in [2.24, 2.45) is 0 Å². The van der Waals surface area contributed by atoms with E-state index in [0.29, 0.717) is 6.61 Å². The fourth-order valence-corrected chi connectivity index (χ4v) is 2.34. The summed E-state index contributed by atoms with van der Waals surface area (Å²) < 4.78 is 5.91. The van der Waals surface area contributed by atoms with Crippen molar-refractivity contribution in [1.82, 2.24) is 5.32 Å². The summed E-state index contributed by atoms with van der Waals surface area (Å²) in [7, 11) is 0. The first-order valence-electron chi connectivity index (χ1n) is 7.79. The number of rotatable bonds is 8. The van der Waals surface area contributed by atoms with Gasteiger partial charge in [0.15, 0.2) is 0 Å². The summed E-state index contributed by atoms with van der Waals surface area (Å²) in [5.41, 5.74) is 3.24. The topological polar surface area (TPSA) is 45.0 Å². The van der Waals surface area contributed by atoms with Crippen LogP contribution in [-0.4, -0.2) is 18.7 Å². The van der Waals surface area contributed by atoms with Gasteiger partial charge in [-0.3, -0.25) is 5.32 Å². The molecule has 0 aliphatic carbocycles. The molecule has 0 radical (unpaired) electrons. The van der Waals surface area contributed by atoms with Crippen molar-refractivity contribution in [2.75, 3.05) is 13.2 Å². The molecular weight excluding hydrogens is 260 g/mol. The number of aryl methyl sites for hydroxylation is 2. The van der Waals surface area contributed by atoms with E-state index in [0.717, 1.165) is 31.6 Å². The minimum Gasteiger partial charge on any atom is -0.493 e. The van der Waals surface area contributed by atoms with Crippen molar-refractivity contribution in [1.29, 1.82) is 5.26 Å². The Morgan fingerprint density at radius 1 is 1.29 bits per heavy atom. The van der Waals surface area contributed by atoms with Gasteiger partial charge < -0.3 is 4.74 Å². The van der Waals surface area contributed by atoms with Gasteiger partial charge in [-0.05, 0) is 76.3 Å². The molecule has 1 N–H and O–H groups in total. The normalized spacial score (nSPS) is 13.5. The van der Waals surface area contributed by atoms with Gasteiger partial charge in [0, 0.05) is 0 Å². The Balaban J connectivity index is 2.49. The molecule has 0 amide bonds. The summed E-state index contributed by atoms with van der Waals surface area (Å²) in [6.07, 6.45) is 2.70. The summed E-state index contributed by atoms with van der Waals surface area (Å²) in [5.74, 6) is 0.965. The Bertz CT molecular complexity index is 505. The summed E-state index contributed by atoms with van der Waals surface area (Å²) >= 11 is 0. The van der Waals surface area contributed by atoms with Gasteiger partial charge >= 0.3 is 0 Å². The molecular formula is C18H28N2O. The molecule has 1 aromatic carbocycles. The number of hydrogen-bond donors (Lipinski definition) is 1. The van der Waals surface area contributed by atoms with Crippen molar-refractivity contribution < 1.29 is 4.74 Å². The Morgan fingerprint density at radius 3 is 2.62 bits per heavy atom. The zero-order valence-corrected chi connectivity index (χ0v) is 14.0. The third-order valence-corrected chi connectivity index (χ3v) is 3.85. The molecule has 0 spiro atoms. The summed E-state index contributed by atoms with van der Waals surface area (Å²) in [6.45, 7) is 11.9. The molecule has 1 aromatic rings. The highest BCUT2D eigenvalue weighted by Gasteiger charge is 2.21. The predicted octanol–water partition coefficient (Wildman–Crippen LogP) is 4.05. The molecule has 0 aliphatic heterocycles. The van der Waals surface area contributed by atoms with Gasteiger partial charge in [-0.25, -0.2) is 0 Å². The number of hydrogen-bond acceptors (Lipinski definition) is 3. The fraction of sp³-hybridized carbons (Fsp3) is 0.611. The Kier molecular flexibility index (Phi) is 6.71. The zero-order valence-electron chi connectivity index (χ0n) is 14.0. The van der Waals surface area contributed by atoms with E-state index in [9.17, 15) is 5.26 Å². The van der Waals surface area contributed by atoms with Crippen molar-refractivity contribution in [3.63, 3.8) is 0 Å². The molecule has 0 aromatic heterocycles. The Labute approximate surface area is 129 Å². The number of nitriles is 1. The average molecular weight is 288 g/mol. The maximum Gasteiger partial charge on any atom is 0.122 e. The lowest BCUT2D eigenvalue weighted by atomic mass is 9.98. The molecule has 1 rings (SSSR count). The summed E-state index contributed by atoms with van der Waals surface area (Å²) in [4.78, 5) is 0. The quantitative estimate of drug-likeness (QED) is 0.734. The molecule has 0 heterocycles. The molecule has 0 fully saturated rings. The highest BCUT2D eigenvalue weighted by Crippen LogP contribution is 2.23. The number of benzene rings is 1. The predicted molar refractivity (Wildman–Crippen MR) is 87.7 cm³/mol. The van der Waals surface area contributed by atoms with Crippen LogP contribution in [0.5, 0.6) is 5.75 Å². The largest absolute Gasteiger partial charge is 0.493 e. The van der Waals surface area contributed by atoms with E-state index in [2.05, 4.69) is 51.2 Å². The van der Waals surface area contributed by atoms with Crippen LogP contribution in [0.4, 0.5) is 0 Å². The van der Waals surface area contributed by atoms with Gasteiger partial charge in [0.1, 0.15) is 11.3 Å². The third kappa shape index (κ3) is 5.40. The second kappa shape index (κ2) is 8.05. The molecule has 1 unspecified atom stereocenters. The van der Waals surface area contributed by atoms with Crippen LogP contribution in [0.25, 0.3) is 0 Å². The van der Waals surface area contributed by atoms with E-state index in [1.54, 1.807) is 0 Å². The third-order valence-electron chi connectivity index (χ3n) is 3.85. The Morgan fingerprint density at radius 2 is 2.00 bits per heavy atom. The molecule has 3 heteroatoms. The van der Waals surface area contributed by atoms with Crippen LogP contribution >= 0.6 is 0 Å². The van der Waals surface area contributed by atoms with E-state index >= 15 is 0 Å². The van der Waals surface area contributed by atoms with Crippen molar-refractivity contribution >= 4 is 0 Å². The van der Waals surface area contributed by atoms with Gasteiger partial charge in [-0.1, -0.05) is 13.0 Å². The lowest BCUT2D eigenvalue weighted by Crippen LogP contribution is -2.41. The number of nitrogens with zero attached hydrogens (tertiary/aromatic N) is 1. The van der Waals surface area contributed by atoms with E-state index < -0.39 is 5.54 Å². The Hall–Kier alpha value is -1.53. The molecule has 21 heavy (non-hydrogen) atoms. The molecule has 116 valence electrons. The van der Waals surface area contributed by atoms with Crippen LogP contribution in [0.3, 0.4) is 0 Å². The maximum absolute atomic E-state index is 9.29. The lowest BCUT2D eigenvalue weighted by molar-refractivity contribution is 0.283. The van der Waals surface area contributed by atoms with Gasteiger partial charge in [0.25, 0.3) is 0 Å². The fourth-order valence-electron chi connectivity index (χ4n) is 2.34. The first kappa shape index (κ1) is 17.5. The van der Waals surface area contributed by atoms with Crippen LogP contribution in [0.2, 0.25) is 0 Å². The molecule has 1 atom stereocenters. The second-order valence-electron chi connectivity index (χ2n) is 6.03. The van der Waals surface area contributed by atoms with Crippen LogP contribution in [-0.2, 0) is 0 Å². The average Bonchev–Trinajstić information content (AvgIpc) is 2.46. The van der Waals surface area contributed by atoms with Crippen molar-refractivity contribution in [3.05, 3.63) is 28.8 Å². The van der Waals surface area contributed by atoms with Crippen LogP contribution in [0, 0.1) is 32.1 Å². The summed E-state index contributed by atoms with van der Waals surface area (Å²) in [5, 5.41) is 12.6. The van der Waals surface area contributed by atoms with Gasteiger partial charge in [0.2, 0.25) is 0 Å². The highest BCUT2D eigenvalue weighted by atomic mass is 16.5. The van der Waals surface area contributed by atoms with E-state index in [1.807, 2.05) is 6.92 Å². The first-order valence-corrected chi connectivity index (χ1v) is 7.79. The first-order chi connectivity index (χ1) is 9.91. The molecule has 0 saturated carbocycles. The van der Waals surface area contributed by atoms with Crippen molar-refractivity contribution in [3.8, 4) is 11.8 Å². The summed E-state index contributed by atoms with van der Waals surface area (Å²) in [6, 6.07) is 6.63. The second-order valence-corrected chi connectivity index (χ2v) is 6.03. The lowest BCUT2D eigenvalue weighted by Gasteiger charge is -2.23. The highest BCUT2D eigenvalue weighted by molar-refractivity contribution is 5.41. The molecule has 0 aliphatic rings. The standard InChI is InChI=1S/C18H28N2O/c1-6-9-20-18(5,13-19)8-7-10-21-17-12-14(2)11-15(3)16(17)4/h11-12,20H,6-10H2,1-5H3. The van der Waals surface area contributed by atoms with E-state index in [-0.39, 0.29) is 0 Å². The molecule has 0 bridgehead atoms. The minimum absolute atomic E-state index is 0.447. The molecule has 3 nitrogen and oxygen atoms in total. The minimum atomic E-state index is -0.447. The van der Waals surface area contributed by atoms with Gasteiger partial charge in [0.05, 0.1) is 12.7 Å². The SMILES string of the molecule is CCCNC(C)(C#N)CCCOc1cc(C)cc(C)c1C. The van der Waals surface area contributed by atoms with Crippen molar-refractivity contribution in [2.45, 2.75) is 59.4 Å². The molecule has 0 saturated heterocycles. The van der Waals surface area contributed by atoms with Gasteiger partial charge in [-0.2, -0.15) is 5.26 Å².